The van der Waals surface area contributed by atoms with E-state index in [4.69, 9.17) is 4.74 Å². The molecule has 0 amide bonds. The maximum Gasteiger partial charge on any atom is 0.416 e. The summed E-state index contributed by atoms with van der Waals surface area (Å²) in [6.45, 7) is 2.44. The Morgan fingerprint density at radius 3 is 2.31 bits per heavy atom. The lowest BCUT2D eigenvalue weighted by molar-refractivity contribution is -0.137. The van der Waals surface area contributed by atoms with E-state index in [9.17, 15) is 23.1 Å². The Hall–Kier alpha value is -3.87. The minimum Gasteiger partial charge on any atom is -0.493 e. The van der Waals surface area contributed by atoms with Gasteiger partial charge in [-0.05, 0) is 42.8 Å². The number of nitrogens with zero attached hydrogens (tertiary/aromatic N) is 1. The van der Waals surface area contributed by atoms with Crippen LogP contribution in [0.1, 0.15) is 22.8 Å². The van der Waals surface area contributed by atoms with E-state index >= 15 is 0 Å². The van der Waals surface area contributed by atoms with Crippen molar-refractivity contribution in [2.24, 2.45) is 0 Å². The normalized spacial score (nSPS) is 11.5. The molecule has 0 fully saturated rings. The van der Waals surface area contributed by atoms with Gasteiger partial charge in [-0.1, -0.05) is 42.5 Å². The Morgan fingerprint density at radius 1 is 0.969 bits per heavy atom. The number of fused-ring (bicyclic) bond motifs is 1. The van der Waals surface area contributed by atoms with E-state index in [1.165, 1.54) is 12.1 Å². The lowest BCUT2D eigenvalue weighted by Crippen LogP contribution is -2.06. The second kappa shape index (κ2) is 8.34. The van der Waals surface area contributed by atoms with Crippen LogP contribution >= 0.6 is 0 Å². The quantitative estimate of drug-likeness (QED) is 0.378. The summed E-state index contributed by atoms with van der Waals surface area (Å²) in [4.78, 5) is 16.2. The van der Waals surface area contributed by atoms with Crippen LogP contribution in [0.5, 0.6) is 5.75 Å². The monoisotopic (exact) mass is 437 g/mol. The second-order valence-corrected chi connectivity index (χ2v) is 7.10. The number of carboxylic acid groups (broad SMARTS) is 1. The van der Waals surface area contributed by atoms with Crippen molar-refractivity contribution in [3.63, 3.8) is 0 Å². The number of aromatic nitrogens is 1. The van der Waals surface area contributed by atoms with Gasteiger partial charge in [0.1, 0.15) is 5.75 Å². The number of pyridine rings is 1. The van der Waals surface area contributed by atoms with Crippen LogP contribution in [0, 0.1) is 0 Å². The standard InChI is InChI=1S/C25H18F3NO3/c1-2-32-23-6-4-3-5-18(23)15-7-9-16(10-8-15)22-14-20(24(30)31)19-13-17(25(26,27)28)11-12-21(19)29-22/h3-14H,2H2,1H3,(H,30,31). The van der Waals surface area contributed by atoms with Gasteiger partial charge in [0.05, 0.1) is 28.9 Å². The number of ether oxygens (including phenoxy) is 1. The number of carboxylic acids is 1. The molecule has 32 heavy (non-hydrogen) atoms. The number of para-hydroxylation sites is 1. The summed E-state index contributed by atoms with van der Waals surface area (Å²) >= 11 is 0. The smallest absolute Gasteiger partial charge is 0.416 e. The van der Waals surface area contributed by atoms with E-state index in [1.54, 1.807) is 12.1 Å². The highest BCUT2D eigenvalue weighted by atomic mass is 19.4. The molecule has 0 aliphatic carbocycles. The molecule has 162 valence electrons. The highest BCUT2D eigenvalue weighted by Gasteiger charge is 2.31. The number of alkyl halides is 3. The van der Waals surface area contributed by atoms with Crippen molar-refractivity contribution in [2.75, 3.05) is 6.61 Å². The molecular weight excluding hydrogens is 419 g/mol. The molecule has 4 rings (SSSR count). The minimum absolute atomic E-state index is 0.0571. The molecule has 1 N–H and O–H groups in total. The Balaban J connectivity index is 1.78. The fourth-order valence-electron chi connectivity index (χ4n) is 3.53. The van der Waals surface area contributed by atoms with Gasteiger partial charge in [-0.25, -0.2) is 9.78 Å². The van der Waals surface area contributed by atoms with Crippen LogP contribution in [-0.4, -0.2) is 22.7 Å². The van der Waals surface area contributed by atoms with Gasteiger partial charge in [0.15, 0.2) is 0 Å². The van der Waals surface area contributed by atoms with Gasteiger partial charge in [-0.3, -0.25) is 0 Å². The summed E-state index contributed by atoms with van der Waals surface area (Å²) < 4.78 is 44.9. The zero-order chi connectivity index (χ0) is 22.9. The predicted octanol–water partition coefficient (Wildman–Crippen LogP) is 6.68. The topological polar surface area (TPSA) is 59.4 Å². The molecule has 0 spiro atoms. The molecule has 0 radical (unpaired) electrons. The fourth-order valence-corrected chi connectivity index (χ4v) is 3.53. The van der Waals surface area contributed by atoms with Crippen molar-refractivity contribution >= 4 is 16.9 Å². The number of aromatic carboxylic acids is 1. The summed E-state index contributed by atoms with van der Waals surface area (Å²) in [7, 11) is 0. The maximum absolute atomic E-state index is 13.1. The van der Waals surface area contributed by atoms with Crippen LogP contribution < -0.4 is 4.74 Å². The van der Waals surface area contributed by atoms with Crippen LogP contribution in [0.25, 0.3) is 33.3 Å². The Bertz CT molecular complexity index is 1300. The van der Waals surface area contributed by atoms with Crippen molar-refractivity contribution in [1.82, 2.24) is 4.98 Å². The first-order chi connectivity index (χ1) is 15.3. The van der Waals surface area contributed by atoms with Gasteiger partial charge in [0.25, 0.3) is 0 Å². The molecular formula is C25H18F3NO3. The first kappa shape index (κ1) is 21.4. The number of halogens is 3. The maximum atomic E-state index is 13.1. The van der Waals surface area contributed by atoms with Gasteiger partial charge in [-0.15, -0.1) is 0 Å². The third kappa shape index (κ3) is 4.14. The summed E-state index contributed by atoms with van der Waals surface area (Å²) in [5.74, 6) is -0.569. The minimum atomic E-state index is -4.57. The Morgan fingerprint density at radius 2 is 1.66 bits per heavy atom. The average molecular weight is 437 g/mol. The first-order valence-corrected chi connectivity index (χ1v) is 9.86. The Kier molecular flexibility index (Phi) is 5.57. The first-order valence-electron chi connectivity index (χ1n) is 9.86. The number of rotatable bonds is 5. The number of hydrogen-bond donors (Lipinski definition) is 1. The van der Waals surface area contributed by atoms with Crippen molar-refractivity contribution in [2.45, 2.75) is 13.1 Å². The van der Waals surface area contributed by atoms with E-state index in [-0.39, 0.29) is 16.5 Å². The van der Waals surface area contributed by atoms with E-state index in [0.717, 1.165) is 29.0 Å². The SMILES string of the molecule is CCOc1ccccc1-c1ccc(-c2cc(C(=O)O)c3cc(C(F)(F)F)ccc3n2)cc1. The largest absolute Gasteiger partial charge is 0.493 e. The molecule has 3 aromatic carbocycles. The number of hydrogen-bond acceptors (Lipinski definition) is 3. The van der Waals surface area contributed by atoms with E-state index in [1.807, 2.05) is 43.3 Å². The van der Waals surface area contributed by atoms with Gasteiger partial charge in [0, 0.05) is 16.5 Å². The molecule has 0 bridgehead atoms. The molecule has 0 aliphatic rings. The summed E-state index contributed by atoms with van der Waals surface area (Å²) in [5, 5.41) is 9.54. The van der Waals surface area contributed by atoms with Crippen LogP contribution in [0.3, 0.4) is 0 Å². The van der Waals surface area contributed by atoms with Crippen molar-refractivity contribution in [3.8, 4) is 28.1 Å². The molecule has 0 atom stereocenters. The fraction of sp³-hybridized carbons (Fsp3) is 0.120. The predicted molar refractivity (Wildman–Crippen MR) is 116 cm³/mol. The van der Waals surface area contributed by atoms with Gasteiger partial charge >= 0.3 is 12.1 Å². The lowest BCUT2D eigenvalue weighted by Gasteiger charge is -2.12. The molecule has 7 heteroatoms. The number of benzene rings is 3. The van der Waals surface area contributed by atoms with Crippen LogP contribution in [0.2, 0.25) is 0 Å². The molecule has 1 heterocycles. The van der Waals surface area contributed by atoms with Crippen LogP contribution in [0.4, 0.5) is 13.2 Å². The molecule has 1 aromatic heterocycles. The molecule has 0 saturated heterocycles. The van der Waals surface area contributed by atoms with Crippen molar-refractivity contribution < 1.29 is 27.8 Å². The highest BCUT2D eigenvalue weighted by molar-refractivity contribution is 6.04. The second-order valence-electron chi connectivity index (χ2n) is 7.10. The summed E-state index contributed by atoms with van der Waals surface area (Å²) in [6.07, 6.45) is -4.57. The lowest BCUT2D eigenvalue weighted by atomic mass is 9.99. The third-order valence-electron chi connectivity index (χ3n) is 5.04. The van der Waals surface area contributed by atoms with Crippen LogP contribution in [-0.2, 0) is 6.18 Å². The molecule has 0 saturated carbocycles. The molecule has 4 nitrogen and oxygen atoms in total. The van der Waals surface area contributed by atoms with Gasteiger partial charge in [-0.2, -0.15) is 13.2 Å². The van der Waals surface area contributed by atoms with E-state index in [2.05, 4.69) is 4.98 Å². The van der Waals surface area contributed by atoms with Crippen molar-refractivity contribution in [3.05, 3.63) is 83.9 Å². The van der Waals surface area contributed by atoms with Crippen LogP contribution in [0.15, 0.2) is 72.8 Å². The average Bonchev–Trinajstić information content (AvgIpc) is 2.78. The molecule has 4 aromatic rings. The molecule has 0 aliphatic heterocycles. The molecule has 0 unspecified atom stereocenters. The third-order valence-corrected chi connectivity index (χ3v) is 5.04. The number of carbonyl (C=O) groups is 1. The zero-order valence-electron chi connectivity index (χ0n) is 17.0. The highest BCUT2D eigenvalue weighted by Crippen LogP contribution is 2.34. The van der Waals surface area contributed by atoms with Crippen molar-refractivity contribution in [1.29, 1.82) is 0 Å². The van der Waals surface area contributed by atoms with Gasteiger partial charge in [0.2, 0.25) is 0 Å². The van der Waals surface area contributed by atoms with Gasteiger partial charge < -0.3 is 9.84 Å². The zero-order valence-corrected chi connectivity index (χ0v) is 17.0. The Labute approximate surface area is 181 Å². The van der Waals surface area contributed by atoms with E-state index in [0.29, 0.717) is 17.9 Å². The summed E-state index contributed by atoms with van der Waals surface area (Å²) in [6, 6.07) is 19.2. The van der Waals surface area contributed by atoms with E-state index < -0.39 is 17.7 Å². The summed E-state index contributed by atoms with van der Waals surface area (Å²) in [5.41, 5.74) is 1.86.